The van der Waals surface area contributed by atoms with Crippen molar-refractivity contribution in [1.82, 2.24) is 112 Å². The number of piperidine rings is 1. The highest BCUT2D eigenvalue weighted by molar-refractivity contribution is 8.04. The van der Waals surface area contributed by atoms with Crippen LogP contribution in [0, 0.1) is 76.9 Å². The monoisotopic (exact) mass is 2020 g/mol. The minimum absolute atomic E-state index is 0.00296. The van der Waals surface area contributed by atoms with E-state index in [0.717, 1.165) is 51.6 Å². The average Bonchev–Trinajstić information content (AvgIpc) is 1.56. The highest BCUT2D eigenvalue weighted by Gasteiger charge is 2.66. The number of aliphatic carboxylic acids is 4. The van der Waals surface area contributed by atoms with Crippen LogP contribution in [0.1, 0.15) is 153 Å². The lowest BCUT2D eigenvalue weighted by Gasteiger charge is -2.47. The number of hydrogen-bond donors (Lipinski definition) is 13. The number of nitrogens with two attached hydrogens (primary N) is 2. The van der Waals surface area contributed by atoms with Crippen LogP contribution in [-0.4, -0.2) is 363 Å². The molecule has 44 nitrogen and oxygen atoms in total. The fraction of sp³-hybridized carbons (Fsp3) is 0.717. The maximum atomic E-state index is 13.5. The van der Waals surface area contributed by atoms with Gasteiger partial charge in [-0.2, -0.15) is 0 Å². The number of likely N-dealkylation sites (tertiary alicyclic amines) is 2. The van der Waals surface area contributed by atoms with E-state index in [-0.39, 0.29) is 248 Å². The maximum absolute atomic E-state index is 13.5. The van der Waals surface area contributed by atoms with Crippen LogP contribution in [-0.2, 0) is 89.8 Å². The van der Waals surface area contributed by atoms with Gasteiger partial charge in [0.05, 0.1) is 72.0 Å². The van der Waals surface area contributed by atoms with Crippen molar-refractivity contribution in [3.63, 3.8) is 0 Å². The third-order valence-electron chi connectivity index (χ3n) is 31.0. The lowest BCUT2D eigenvalue weighted by atomic mass is 9.73. The molecular weight excluding hydrogens is 1890 g/mol. The van der Waals surface area contributed by atoms with Crippen molar-refractivity contribution in [2.24, 2.45) is 88.4 Å². The molecule has 1 aliphatic carbocycles. The van der Waals surface area contributed by atoms with Gasteiger partial charge in [-0.3, -0.25) is 57.5 Å². The number of Topliss-reactive ketones (excluding diaryl/α,β-unsaturated/α-hetero) is 3. The van der Waals surface area contributed by atoms with Gasteiger partial charge in [0, 0.05) is 187 Å². The molecule has 3 unspecified atom stereocenters. The summed E-state index contributed by atoms with van der Waals surface area (Å²) >= 11 is 5.89. The van der Waals surface area contributed by atoms with Gasteiger partial charge in [0.15, 0.2) is 17.3 Å². The Kier molecular flexibility index (Phi) is 32.8. The normalized spacial score (nSPS) is 33.5. The standard InChI is InChI=1S/C27H37N7O5S.C23H32N8O5S.C23H35N5O5S.C19H28N4O5S/c1-13(7-16(35)11-33-12-30-31-32-33)21-22-14(2)25(23(27(38)39)34(22)26(21)37)40-17-8-20(29-10-17)24(36)19-4-3-15-9-28-6-5-18(15)19;1-11(5-14(32)9-30-10-26-27-28-30)17-18-12(2)20(19(23(35)36)31(18)22(17)34)37-15-6-16(25-7-15)21(33)29-4-3-13(24)8-29;1-4-5-16(29)26-12(3)17-18-11(2)20(19(23(32)33)28(18)22(17)31)34-14-8-15(25-9-14)21(30)27-7-6-13(24)10-27;1-8-14-13(9(2)21-10(3)24)18(26)23(14)15(19(27)28)16(8)29-11-6-12(20-7-11)17(25)22(4)5/h12-15,17-22,28-29H,3-11H2,1-2H3,(H,38,39);10-13,15-18,25H,3-9,24H2,1-2H3,(H,35,36);11-15,17-18,25H,4-10,24H2,1-3H3,(H,26,29)(H,32,33);8-9,11-14,20H,6-7H2,1-5H3,(H,21,24)(H,27,28)/t13-,14+,15?,17-,18?,19?,20-,21+,22+;11-,12+,13+,15-,16-,17+,18+;11-,12-,13-,14+,15+,17-,18-;8-,9-,11+,12+,13-,14-/m0011/s1. The Morgan fingerprint density at radius 1 is 0.493 bits per heavy atom. The molecule has 0 radical (unpaired) electrons. The molecule has 11 saturated heterocycles. The zero-order chi connectivity index (χ0) is 101. The summed E-state index contributed by atoms with van der Waals surface area (Å²) in [6, 6.07) is -2.89. The number of amides is 9. The highest BCUT2D eigenvalue weighted by atomic mass is 32.2. The van der Waals surface area contributed by atoms with Crippen molar-refractivity contribution in [2.75, 3.05) is 79.5 Å². The van der Waals surface area contributed by atoms with E-state index in [1.54, 1.807) is 35.7 Å². The van der Waals surface area contributed by atoms with Gasteiger partial charge in [0.1, 0.15) is 48.5 Å². The summed E-state index contributed by atoms with van der Waals surface area (Å²) in [6.07, 6.45) is 11.4. The van der Waals surface area contributed by atoms with Crippen molar-refractivity contribution in [2.45, 2.75) is 259 Å². The molecule has 0 bridgehead atoms. The molecule has 15 N–H and O–H groups in total. The molecule has 0 spiro atoms. The number of thioether (sulfide) groups is 4. The number of ketones is 3. The number of hydrogen-bond acceptors (Lipinski definition) is 33. The fourth-order valence-electron chi connectivity index (χ4n) is 24.4. The van der Waals surface area contributed by atoms with Gasteiger partial charge in [0.2, 0.25) is 53.2 Å². The van der Waals surface area contributed by atoms with Crippen LogP contribution in [0.3, 0.4) is 0 Å². The van der Waals surface area contributed by atoms with E-state index < -0.39 is 47.5 Å². The smallest absolute Gasteiger partial charge is 0.353 e. The first-order chi connectivity index (χ1) is 66.6. The van der Waals surface area contributed by atoms with Crippen molar-refractivity contribution < 1.29 is 97.1 Å². The third-order valence-corrected chi connectivity index (χ3v) is 37.1. The summed E-state index contributed by atoms with van der Waals surface area (Å²) in [5, 5.41) is 83.9. The van der Waals surface area contributed by atoms with E-state index in [2.05, 4.69) is 68.3 Å². The van der Waals surface area contributed by atoms with Crippen LogP contribution in [0.4, 0.5) is 0 Å². The quantitative estimate of drug-likeness (QED) is 0.0408. The van der Waals surface area contributed by atoms with Crippen molar-refractivity contribution >= 4 is 141 Å². The zero-order valence-electron chi connectivity index (χ0n) is 80.9. The average molecular weight is 2020 g/mol. The number of nitrogens with one attached hydrogen (secondary N) is 7. The second-order valence-electron chi connectivity index (χ2n) is 40.8. The second kappa shape index (κ2) is 43.9. The third kappa shape index (κ3) is 21.2. The number of fused-ring (bicyclic) bond motifs is 5. The van der Waals surface area contributed by atoms with E-state index in [0.29, 0.717) is 122 Å². The molecule has 17 heterocycles. The lowest BCUT2D eigenvalue weighted by Crippen LogP contribution is -2.66. The molecular formula is C92H132N24O20S4. The van der Waals surface area contributed by atoms with E-state index in [1.165, 1.54) is 95.6 Å². The summed E-state index contributed by atoms with van der Waals surface area (Å²) in [6.45, 7) is 25.4. The predicted molar refractivity (Wildman–Crippen MR) is 511 cm³/mol. The molecule has 16 aliphatic rings. The number of carbonyl (C=O) groups excluding carboxylic acids is 12. The SMILES string of the molecule is CC(=O)N[C@H](C)[C@H]1C(=O)N2C(C(=O)O)=C(S[C@@H]3CN[C@H](C(=O)N(C)C)C3)[C@H](C)[C@H]12.CCCC(=O)N[C@H](C)[C@H]1C(=O)N2C(C(=O)O)=C(S[C@@H]3CN[C@H](C(=O)N4CC[C@@H](N)C4)C3)[C@H](C)[C@H]12.C[C@@H](CC(=O)Cn1cnnn1)[C@H]1C(=O)N2C(C(=O)O)=C(S[C@@H]3CN[C@H](C(=O)C4CCC5CNCCC54)C3)[C@H](C)[C@H]12.C[C@@H](CC(=O)Cn1cnnn1)[C@H]1C(=O)N2C(C(=O)O)=C(S[C@@H]3CN[C@H](C(=O)N4CC[C@@H](N)C4)C3)[C@H](C)[C@H]12. The van der Waals surface area contributed by atoms with Crippen LogP contribution in [0.25, 0.3) is 0 Å². The molecule has 0 aromatic carbocycles. The first-order valence-corrected chi connectivity index (χ1v) is 52.5. The van der Waals surface area contributed by atoms with Crippen molar-refractivity contribution in [1.29, 1.82) is 0 Å². The van der Waals surface area contributed by atoms with Gasteiger partial charge in [-0.25, -0.2) is 28.5 Å². The topological polar surface area (TPSA) is 600 Å². The molecule has 18 rings (SSSR count). The van der Waals surface area contributed by atoms with Gasteiger partial charge >= 0.3 is 23.9 Å². The number of β-lactam (4-membered cyclic amide) rings is 4. The van der Waals surface area contributed by atoms with Gasteiger partial charge in [-0.05, 0) is 136 Å². The number of likely N-dealkylation sites (N-methyl/N-ethyl adjacent to an activating group) is 1. The Balaban J connectivity index is 0.000000142. The maximum Gasteiger partial charge on any atom is 0.353 e. The molecule has 764 valence electrons. The van der Waals surface area contributed by atoms with Crippen molar-refractivity contribution in [3.05, 3.63) is 55.1 Å². The van der Waals surface area contributed by atoms with Crippen LogP contribution in [0.5, 0.6) is 0 Å². The minimum atomic E-state index is -1.13. The number of carboxylic acid groups (broad SMARTS) is 4. The number of carboxylic acids is 4. The predicted octanol–water partition coefficient (Wildman–Crippen LogP) is -0.302. The first kappa shape index (κ1) is 105. The molecule has 29 atom stereocenters. The Bertz CT molecular complexity index is 5300. The molecule has 9 amide bonds. The number of rotatable bonds is 33. The Morgan fingerprint density at radius 2 is 0.857 bits per heavy atom. The van der Waals surface area contributed by atoms with Gasteiger partial charge in [0.25, 0.3) is 0 Å². The Morgan fingerprint density at radius 3 is 1.21 bits per heavy atom. The highest BCUT2D eigenvalue weighted by Crippen LogP contribution is 2.58. The van der Waals surface area contributed by atoms with Crippen LogP contribution >= 0.6 is 47.0 Å². The van der Waals surface area contributed by atoms with E-state index in [1.807, 2.05) is 55.4 Å². The van der Waals surface area contributed by atoms with Gasteiger partial charge in [-0.1, -0.05) is 48.5 Å². The largest absolute Gasteiger partial charge is 0.477 e. The van der Waals surface area contributed by atoms with Gasteiger partial charge in [-0.15, -0.1) is 57.2 Å². The summed E-state index contributed by atoms with van der Waals surface area (Å²) < 4.78 is 2.69. The Labute approximate surface area is 828 Å². The summed E-state index contributed by atoms with van der Waals surface area (Å²) in [5.41, 5.74) is 12.1. The van der Waals surface area contributed by atoms with Crippen molar-refractivity contribution in [3.8, 4) is 0 Å². The number of tetrazole rings is 2. The summed E-state index contributed by atoms with van der Waals surface area (Å²) in [5.74, 6) is -7.19. The van der Waals surface area contributed by atoms with E-state index in [9.17, 15) is 97.1 Å². The lowest BCUT2D eigenvalue weighted by molar-refractivity contribution is -0.160. The summed E-state index contributed by atoms with van der Waals surface area (Å²) in [4.78, 5) is 214. The molecule has 48 heteroatoms. The first-order valence-electron chi connectivity index (χ1n) is 49.0. The van der Waals surface area contributed by atoms with Crippen LogP contribution < -0.4 is 48.7 Å². The molecule has 2 aromatic rings. The number of aromatic nitrogens is 8. The fourth-order valence-corrected chi connectivity index (χ4v) is 30.3. The number of nitrogens with zero attached hydrogens (tertiary/aromatic N) is 15. The molecule has 140 heavy (non-hydrogen) atoms. The molecule has 15 aliphatic heterocycles. The second-order valence-corrected chi connectivity index (χ2v) is 46.2. The Hall–Kier alpha value is -9.66. The van der Waals surface area contributed by atoms with Crippen LogP contribution in [0.15, 0.2) is 55.1 Å². The minimum Gasteiger partial charge on any atom is -0.477 e. The van der Waals surface area contributed by atoms with E-state index >= 15 is 0 Å². The molecule has 1 saturated carbocycles. The van der Waals surface area contributed by atoms with Crippen LogP contribution in [0.2, 0.25) is 0 Å². The molecule has 12 fully saturated rings. The number of carbonyl (C=O) groups is 16. The summed E-state index contributed by atoms with van der Waals surface area (Å²) in [7, 11) is 3.42. The molecule has 2 aromatic heterocycles. The van der Waals surface area contributed by atoms with Gasteiger partial charge < -0.3 is 103 Å². The zero-order valence-corrected chi connectivity index (χ0v) is 84.2. The van der Waals surface area contributed by atoms with E-state index in [4.69, 9.17) is 11.5 Å².